The van der Waals surface area contributed by atoms with E-state index in [0.717, 1.165) is 35.7 Å². The molecule has 32 heavy (non-hydrogen) atoms. The summed E-state index contributed by atoms with van der Waals surface area (Å²) < 4.78 is 45.7. The molecule has 0 bridgehead atoms. The maximum absolute atomic E-state index is 13.1. The summed E-state index contributed by atoms with van der Waals surface area (Å²) in [5.41, 5.74) is 2.35. The van der Waals surface area contributed by atoms with Gasteiger partial charge in [-0.2, -0.15) is 18.3 Å². The summed E-state index contributed by atoms with van der Waals surface area (Å²) in [6, 6.07) is 4.91. The molecule has 0 spiro atoms. The number of aromatic nitrogens is 3. The zero-order valence-corrected chi connectivity index (χ0v) is 18.1. The second-order valence-corrected chi connectivity index (χ2v) is 7.97. The van der Waals surface area contributed by atoms with Crippen molar-refractivity contribution in [2.24, 2.45) is 0 Å². The van der Waals surface area contributed by atoms with Crippen LogP contribution < -0.4 is 0 Å². The van der Waals surface area contributed by atoms with Gasteiger partial charge in [0.2, 0.25) is 0 Å². The Bertz CT molecular complexity index is 1110. The molecule has 7 nitrogen and oxygen atoms in total. The van der Waals surface area contributed by atoms with Gasteiger partial charge in [-0.05, 0) is 39.0 Å². The fourth-order valence-electron chi connectivity index (χ4n) is 3.92. The minimum absolute atomic E-state index is 0.169. The summed E-state index contributed by atoms with van der Waals surface area (Å²) >= 11 is 0. The number of carbonyl (C=O) groups excluding carboxylic acids is 1. The molecule has 0 N–H and O–H groups in total. The quantitative estimate of drug-likeness (QED) is 0.609. The van der Waals surface area contributed by atoms with Crippen LogP contribution in [0.1, 0.15) is 38.6 Å². The highest BCUT2D eigenvalue weighted by Gasteiger charge is 2.31. The van der Waals surface area contributed by atoms with Gasteiger partial charge in [0.15, 0.2) is 0 Å². The molecule has 1 aliphatic rings. The van der Waals surface area contributed by atoms with Crippen molar-refractivity contribution in [2.75, 3.05) is 26.2 Å². The van der Waals surface area contributed by atoms with E-state index in [1.54, 1.807) is 11.8 Å². The van der Waals surface area contributed by atoms with E-state index >= 15 is 0 Å². The largest absolute Gasteiger partial charge is 0.416 e. The lowest BCUT2D eigenvalue weighted by Gasteiger charge is -2.34. The highest BCUT2D eigenvalue weighted by molar-refractivity contribution is 5.95. The minimum atomic E-state index is -4.45. The first kappa shape index (κ1) is 22.1. The number of hydrogen-bond donors (Lipinski definition) is 0. The van der Waals surface area contributed by atoms with Gasteiger partial charge in [-0.25, -0.2) is 4.68 Å². The summed E-state index contributed by atoms with van der Waals surface area (Å²) in [4.78, 5) is 17.1. The Labute approximate surface area is 183 Å². The number of amides is 1. The van der Waals surface area contributed by atoms with Crippen LogP contribution in [0.4, 0.5) is 13.2 Å². The summed E-state index contributed by atoms with van der Waals surface area (Å²) in [7, 11) is 0. The van der Waals surface area contributed by atoms with Gasteiger partial charge < -0.3 is 9.42 Å². The second-order valence-electron chi connectivity index (χ2n) is 7.97. The molecule has 1 fully saturated rings. The average Bonchev–Trinajstić information content (AvgIpc) is 3.30. The molecule has 4 rings (SSSR count). The number of alkyl halides is 3. The molecule has 0 atom stereocenters. The third-order valence-electron chi connectivity index (χ3n) is 5.88. The fraction of sp³-hybridized carbons (Fsp3) is 0.409. The standard InChI is InChI=1S/C22H24F3N5O2/c1-14-20(16(3)32-27-14)13-28-7-9-29(10-8-28)21(31)19-12-26-30(15(19)2)18-6-4-5-17(11-18)22(23,24)25/h4-6,11-12H,7-10,13H2,1-3H3. The van der Waals surface area contributed by atoms with Crippen LogP contribution in [0, 0.1) is 20.8 Å². The number of piperazine rings is 1. The Kier molecular flexibility index (Phi) is 5.81. The van der Waals surface area contributed by atoms with Gasteiger partial charge >= 0.3 is 6.18 Å². The molecule has 3 aromatic rings. The maximum atomic E-state index is 13.1. The van der Waals surface area contributed by atoms with Gasteiger partial charge in [-0.3, -0.25) is 9.69 Å². The first-order valence-electron chi connectivity index (χ1n) is 10.3. The van der Waals surface area contributed by atoms with Crippen LogP contribution in [-0.4, -0.2) is 56.8 Å². The Morgan fingerprint density at radius 2 is 1.84 bits per heavy atom. The molecule has 10 heteroatoms. The Hall–Kier alpha value is -3.14. The van der Waals surface area contributed by atoms with E-state index in [9.17, 15) is 18.0 Å². The second kappa shape index (κ2) is 8.42. The van der Waals surface area contributed by atoms with Crippen molar-refractivity contribution in [3.8, 4) is 5.69 Å². The zero-order chi connectivity index (χ0) is 23.0. The van der Waals surface area contributed by atoms with Gasteiger partial charge in [-0.1, -0.05) is 11.2 Å². The predicted octanol–water partition coefficient (Wildman–Crippen LogP) is 3.76. The molecular weight excluding hydrogens is 423 g/mol. The van der Waals surface area contributed by atoms with E-state index in [2.05, 4.69) is 15.2 Å². The van der Waals surface area contributed by atoms with Crippen molar-refractivity contribution in [1.29, 1.82) is 0 Å². The van der Waals surface area contributed by atoms with Crippen molar-refractivity contribution in [1.82, 2.24) is 24.7 Å². The lowest BCUT2D eigenvalue weighted by Crippen LogP contribution is -2.48. The van der Waals surface area contributed by atoms with Crippen LogP contribution in [0.25, 0.3) is 5.69 Å². The number of aryl methyl sites for hydroxylation is 2. The van der Waals surface area contributed by atoms with E-state index < -0.39 is 11.7 Å². The fourth-order valence-corrected chi connectivity index (χ4v) is 3.92. The molecule has 1 aromatic carbocycles. The van der Waals surface area contributed by atoms with Crippen LogP contribution in [-0.2, 0) is 12.7 Å². The molecule has 0 unspecified atom stereocenters. The van der Waals surface area contributed by atoms with Crippen LogP contribution >= 0.6 is 0 Å². The van der Waals surface area contributed by atoms with E-state index in [0.29, 0.717) is 37.4 Å². The highest BCUT2D eigenvalue weighted by Crippen LogP contribution is 2.30. The third kappa shape index (κ3) is 4.27. The average molecular weight is 447 g/mol. The highest BCUT2D eigenvalue weighted by atomic mass is 19.4. The summed E-state index contributed by atoms with van der Waals surface area (Å²) in [6.07, 6.45) is -3.02. The van der Waals surface area contributed by atoms with Crippen molar-refractivity contribution in [3.63, 3.8) is 0 Å². The van der Waals surface area contributed by atoms with Gasteiger partial charge in [-0.15, -0.1) is 0 Å². The van der Waals surface area contributed by atoms with Crippen molar-refractivity contribution < 1.29 is 22.5 Å². The predicted molar refractivity (Wildman–Crippen MR) is 110 cm³/mol. The first-order valence-corrected chi connectivity index (χ1v) is 10.3. The molecule has 1 aliphatic heterocycles. The van der Waals surface area contributed by atoms with Crippen LogP contribution in [0.15, 0.2) is 35.0 Å². The monoisotopic (exact) mass is 447 g/mol. The topological polar surface area (TPSA) is 67.4 Å². The van der Waals surface area contributed by atoms with E-state index in [1.807, 2.05) is 13.8 Å². The number of nitrogens with zero attached hydrogens (tertiary/aromatic N) is 5. The number of rotatable bonds is 4. The van der Waals surface area contributed by atoms with Gasteiger partial charge in [0, 0.05) is 38.3 Å². The van der Waals surface area contributed by atoms with E-state index in [-0.39, 0.29) is 11.6 Å². The number of benzene rings is 1. The molecule has 3 heterocycles. The summed E-state index contributed by atoms with van der Waals surface area (Å²) in [5.74, 6) is 0.636. The molecule has 2 aromatic heterocycles. The Morgan fingerprint density at radius 1 is 1.12 bits per heavy atom. The summed E-state index contributed by atoms with van der Waals surface area (Å²) in [5, 5.41) is 8.17. The normalized spacial score (nSPS) is 15.4. The van der Waals surface area contributed by atoms with E-state index in [1.165, 1.54) is 23.0 Å². The van der Waals surface area contributed by atoms with Gasteiger partial charge in [0.25, 0.3) is 5.91 Å². The van der Waals surface area contributed by atoms with Crippen molar-refractivity contribution in [2.45, 2.75) is 33.5 Å². The van der Waals surface area contributed by atoms with Crippen LogP contribution in [0.3, 0.4) is 0 Å². The lowest BCUT2D eigenvalue weighted by atomic mass is 10.1. The lowest BCUT2D eigenvalue weighted by molar-refractivity contribution is -0.137. The Balaban J connectivity index is 1.45. The molecule has 0 aliphatic carbocycles. The first-order chi connectivity index (χ1) is 15.1. The maximum Gasteiger partial charge on any atom is 0.416 e. The molecular formula is C22H24F3N5O2. The number of hydrogen-bond acceptors (Lipinski definition) is 5. The molecule has 170 valence electrons. The molecule has 0 radical (unpaired) electrons. The van der Waals surface area contributed by atoms with Gasteiger partial charge in [0.05, 0.1) is 34.4 Å². The minimum Gasteiger partial charge on any atom is -0.361 e. The third-order valence-corrected chi connectivity index (χ3v) is 5.88. The van der Waals surface area contributed by atoms with Crippen molar-refractivity contribution in [3.05, 3.63) is 64.3 Å². The van der Waals surface area contributed by atoms with E-state index in [4.69, 9.17) is 4.52 Å². The van der Waals surface area contributed by atoms with Crippen molar-refractivity contribution >= 4 is 5.91 Å². The SMILES string of the molecule is Cc1noc(C)c1CN1CCN(C(=O)c2cnn(-c3cccc(C(F)(F)F)c3)c2C)CC1. The number of halogens is 3. The molecule has 0 saturated carbocycles. The zero-order valence-electron chi connectivity index (χ0n) is 18.1. The molecule has 1 amide bonds. The van der Waals surface area contributed by atoms with Crippen LogP contribution in [0.5, 0.6) is 0 Å². The number of carbonyl (C=O) groups is 1. The van der Waals surface area contributed by atoms with Gasteiger partial charge in [0.1, 0.15) is 5.76 Å². The smallest absolute Gasteiger partial charge is 0.361 e. The van der Waals surface area contributed by atoms with Crippen LogP contribution in [0.2, 0.25) is 0 Å². The summed E-state index contributed by atoms with van der Waals surface area (Å²) in [6.45, 7) is 8.72. The molecule has 1 saturated heterocycles. The Morgan fingerprint density at radius 3 is 2.47 bits per heavy atom.